The van der Waals surface area contributed by atoms with Crippen LogP contribution in [0.3, 0.4) is 0 Å². The van der Waals surface area contributed by atoms with Gasteiger partial charge in [0.25, 0.3) is 0 Å². The molecule has 0 aliphatic carbocycles. The number of carbonyl (C=O) groups is 1. The fraction of sp³-hybridized carbons (Fsp3) is 0.0500. The molecule has 0 saturated carbocycles. The molecule has 108 valence electrons. The number of hydrogen-bond donors (Lipinski definition) is 0. The molecule has 0 amide bonds. The molecule has 2 heteroatoms. The zero-order valence-electron chi connectivity index (χ0n) is 12.3. The summed E-state index contributed by atoms with van der Waals surface area (Å²) in [5, 5.41) is 0. The second-order valence-electron chi connectivity index (χ2n) is 5.06. The minimum Gasteiger partial charge on any atom is -0.427 e. The summed E-state index contributed by atoms with van der Waals surface area (Å²) in [5.41, 5.74) is 4.63. The van der Waals surface area contributed by atoms with Crippen LogP contribution in [-0.2, 0) is 4.79 Å². The number of esters is 1. The minimum atomic E-state index is -0.306. The average molecular weight is 288 g/mol. The maximum atomic E-state index is 10.9. The number of ether oxygens (including phenoxy) is 1. The van der Waals surface area contributed by atoms with E-state index in [2.05, 4.69) is 36.4 Å². The summed E-state index contributed by atoms with van der Waals surface area (Å²) in [6, 6.07) is 26.2. The third-order valence-electron chi connectivity index (χ3n) is 3.44. The fourth-order valence-corrected chi connectivity index (χ4v) is 2.37. The monoisotopic (exact) mass is 288 g/mol. The van der Waals surface area contributed by atoms with Gasteiger partial charge in [0.15, 0.2) is 0 Å². The van der Waals surface area contributed by atoms with Crippen molar-refractivity contribution in [1.82, 2.24) is 0 Å². The highest BCUT2D eigenvalue weighted by Crippen LogP contribution is 2.26. The summed E-state index contributed by atoms with van der Waals surface area (Å²) in [6.45, 7) is 1.40. The Hall–Kier alpha value is -2.87. The number of hydrogen-bond acceptors (Lipinski definition) is 2. The van der Waals surface area contributed by atoms with Gasteiger partial charge in [-0.3, -0.25) is 4.79 Å². The van der Waals surface area contributed by atoms with Gasteiger partial charge < -0.3 is 4.74 Å². The van der Waals surface area contributed by atoms with E-state index in [4.69, 9.17) is 4.74 Å². The summed E-state index contributed by atoms with van der Waals surface area (Å²) in [4.78, 5) is 10.9. The van der Waals surface area contributed by atoms with Crippen LogP contribution >= 0.6 is 0 Å². The minimum absolute atomic E-state index is 0.306. The van der Waals surface area contributed by atoms with Gasteiger partial charge >= 0.3 is 5.97 Å². The molecule has 3 rings (SSSR count). The summed E-state index contributed by atoms with van der Waals surface area (Å²) in [5.74, 6) is 0.261. The Bertz CT molecular complexity index is 757. The Kier molecular flexibility index (Phi) is 4.01. The van der Waals surface area contributed by atoms with Gasteiger partial charge in [-0.2, -0.15) is 0 Å². The van der Waals surface area contributed by atoms with Crippen LogP contribution in [0.15, 0.2) is 78.9 Å². The van der Waals surface area contributed by atoms with Crippen molar-refractivity contribution in [2.24, 2.45) is 0 Å². The van der Waals surface area contributed by atoms with Crippen molar-refractivity contribution in [3.05, 3.63) is 78.9 Å². The van der Waals surface area contributed by atoms with E-state index in [9.17, 15) is 4.79 Å². The van der Waals surface area contributed by atoms with Gasteiger partial charge in [0.1, 0.15) is 5.75 Å². The van der Waals surface area contributed by atoms with Crippen molar-refractivity contribution in [3.63, 3.8) is 0 Å². The van der Waals surface area contributed by atoms with Gasteiger partial charge in [-0.1, -0.05) is 66.7 Å². The van der Waals surface area contributed by atoms with Gasteiger partial charge in [-0.25, -0.2) is 0 Å². The Morgan fingerprint density at radius 2 is 1.05 bits per heavy atom. The molecule has 0 atom stereocenters. The van der Waals surface area contributed by atoms with Crippen molar-refractivity contribution < 1.29 is 9.53 Å². The summed E-state index contributed by atoms with van der Waals surface area (Å²) in [7, 11) is 0. The molecule has 0 unspecified atom stereocenters. The van der Waals surface area contributed by atoms with Crippen LogP contribution < -0.4 is 4.74 Å². The molecule has 0 heterocycles. The SMILES string of the molecule is CC(=O)Oc1ccc(-c2ccc(-c3ccccc3)cc2)cc1. The van der Waals surface area contributed by atoms with Crippen molar-refractivity contribution in [2.75, 3.05) is 0 Å². The van der Waals surface area contributed by atoms with Crippen LogP contribution in [0.4, 0.5) is 0 Å². The zero-order valence-corrected chi connectivity index (χ0v) is 12.3. The lowest BCUT2D eigenvalue weighted by Crippen LogP contribution is -2.00. The third kappa shape index (κ3) is 3.23. The Balaban J connectivity index is 1.82. The smallest absolute Gasteiger partial charge is 0.308 e. The van der Waals surface area contributed by atoms with Crippen molar-refractivity contribution in [1.29, 1.82) is 0 Å². The number of rotatable bonds is 3. The van der Waals surface area contributed by atoms with Crippen LogP contribution in [0, 0.1) is 0 Å². The molecule has 0 aliphatic heterocycles. The predicted octanol–water partition coefficient (Wildman–Crippen LogP) is 4.95. The van der Waals surface area contributed by atoms with Gasteiger partial charge in [-0.15, -0.1) is 0 Å². The third-order valence-corrected chi connectivity index (χ3v) is 3.44. The van der Waals surface area contributed by atoms with Crippen LogP contribution in [-0.4, -0.2) is 5.97 Å². The van der Waals surface area contributed by atoms with Crippen molar-refractivity contribution in [2.45, 2.75) is 6.92 Å². The molecule has 0 spiro atoms. The zero-order chi connectivity index (χ0) is 15.4. The molecule has 3 aromatic carbocycles. The quantitative estimate of drug-likeness (QED) is 0.503. The highest BCUT2D eigenvalue weighted by Gasteiger charge is 2.02. The van der Waals surface area contributed by atoms with E-state index in [1.165, 1.54) is 18.1 Å². The lowest BCUT2D eigenvalue weighted by Gasteiger charge is -2.06. The molecule has 0 fully saturated rings. The number of carbonyl (C=O) groups excluding carboxylic acids is 1. The van der Waals surface area contributed by atoms with E-state index in [-0.39, 0.29) is 5.97 Å². The molecule has 3 aromatic rings. The first-order valence-corrected chi connectivity index (χ1v) is 7.17. The Labute approximate surface area is 130 Å². The maximum Gasteiger partial charge on any atom is 0.308 e. The van der Waals surface area contributed by atoms with Gasteiger partial charge in [0.2, 0.25) is 0 Å². The Morgan fingerprint density at radius 1 is 0.636 bits per heavy atom. The molecular weight excluding hydrogens is 272 g/mol. The number of benzene rings is 3. The highest BCUT2D eigenvalue weighted by molar-refractivity contribution is 5.72. The second-order valence-corrected chi connectivity index (χ2v) is 5.06. The predicted molar refractivity (Wildman–Crippen MR) is 88.6 cm³/mol. The first-order chi connectivity index (χ1) is 10.7. The topological polar surface area (TPSA) is 26.3 Å². The van der Waals surface area contributed by atoms with Crippen LogP contribution in [0.25, 0.3) is 22.3 Å². The molecule has 0 bridgehead atoms. The first-order valence-electron chi connectivity index (χ1n) is 7.17. The lowest BCUT2D eigenvalue weighted by atomic mass is 10.0. The molecule has 0 aromatic heterocycles. The Morgan fingerprint density at radius 3 is 1.50 bits per heavy atom. The molecule has 0 aliphatic rings. The van der Waals surface area contributed by atoms with E-state index in [1.807, 2.05) is 42.5 Å². The van der Waals surface area contributed by atoms with Gasteiger partial charge in [0, 0.05) is 6.92 Å². The van der Waals surface area contributed by atoms with Gasteiger partial charge in [-0.05, 0) is 34.4 Å². The fourth-order valence-electron chi connectivity index (χ4n) is 2.37. The molecule has 0 saturated heterocycles. The molecular formula is C20H16O2. The summed E-state index contributed by atoms with van der Waals surface area (Å²) >= 11 is 0. The molecule has 0 N–H and O–H groups in total. The second kappa shape index (κ2) is 6.27. The van der Waals surface area contributed by atoms with Crippen LogP contribution in [0.1, 0.15) is 6.92 Å². The standard InChI is InChI=1S/C20H16O2/c1-15(21)22-20-13-11-19(12-14-20)18-9-7-17(8-10-18)16-5-3-2-4-6-16/h2-14H,1H3. The first kappa shape index (κ1) is 14.1. The summed E-state index contributed by atoms with van der Waals surface area (Å²) in [6.07, 6.45) is 0. The largest absolute Gasteiger partial charge is 0.427 e. The van der Waals surface area contributed by atoms with E-state index in [0.29, 0.717) is 5.75 Å². The highest BCUT2D eigenvalue weighted by atomic mass is 16.5. The average Bonchev–Trinajstić information content (AvgIpc) is 2.56. The van der Waals surface area contributed by atoms with E-state index in [1.54, 1.807) is 0 Å². The molecule has 22 heavy (non-hydrogen) atoms. The molecule has 2 nitrogen and oxygen atoms in total. The van der Waals surface area contributed by atoms with Gasteiger partial charge in [0.05, 0.1) is 0 Å². The van der Waals surface area contributed by atoms with Crippen molar-refractivity contribution >= 4 is 5.97 Å². The van der Waals surface area contributed by atoms with Crippen molar-refractivity contribution in [3.8, 4) is 28.0 Å². The van der Waals surface area contributed by atoms with Crippen LogP contribution in [0.5, 0.6) is 5.75 Å². The molecule has 0 radical (unpaired) electrons. The van der Waals surface area contributed by atoms with Crippen LogP contribution in [0.2, 0.25) is 0 Å². The van der Waals surface area contributed by atoms with E-state index >= 15 is 0 Å². The normalized spacial score (nSPS) is 10.2. The lowest BCUT2D eigenvalue weighted by molar-refractivity contribution is -0.131. The van der Waals surface area contributed by atoms with E-state index < -0.39 is 0 Å². The maximum absolute atomic E-state index is 10.9. The van der Waals surface area contributed by atoms with E-state index in [0.717, 1.165) is 11.1 Å². The summed E-state index contributed by atoms with van der Waals surface area (Å²) < 4.78 is 5.04.